The van der Waals surface area contributed by atoms with Gasteiger partial charge in [0.2, 0.25) is 0 Å². The van der Waals surface area contributed by atoms with Gasteiger partial charge in [-0.2, -0.15) is 5.26 Å². The highest BCUT2D eigenvalue weighted by atomic mass is 35.5. The summed E-state index contributed by atoms with van der Waals surface area (Å²) in [4.78, 5) is 16.6. The first-order chi connectivity index (χ1) is 12.9. The van der Waals surface area contributed by atoms with Crippen LogP contribution in [0.25, 0.3) is 11.0 Å². The van der Waals surface area contributed by atoms with Crippen molar-refractivity contribution < 1.29 is 4.42 Å². The number of pyridine rings is 1. The molecule has 7 heteroatoms. The Labute approximate surface area is 166 Å². The highest BCUT2D eigenvalue weighted by Crippen LogP contribution is 2.30. The van der Waals surface area contributed by atoms with Gasteiger partial charge >= 0.3 is 0 Å². The van der Waals surface area contributed by atoms with E-state index in [0.29, 0.717) is 21.7 Å². The molecule has 0 fully saturated rings. The third kappa shape index (κ3) is 4.10. The van der Waals surface area contributed by atoms with E-state index >= 15 is 0 Å². The molecule has 2 aromatic heterocycles. The van der Waals surface area contributed by atoms with Crippen LogP contribution in [0, 0.1) is 18.3 Å². The van der Waals surface area contributed by atoms with Gasteiger partial charge in [-0.3, -0.25) is 4.79 Å². The summed E-state index contributed by atoms with van der Waals surface area (Å²) >= 11 is 7.36. The summed E-state index contributed by atoms with van der Waals surface area (Å²) in [5, 5.41) is 14.0. The average molecular weight is 400 g/mol. The molecule has 0 radical (unpaired) electrons. The van der Waals surface area contributed by atoms with E-state index < -0.39 is 0 Å². The van der Waals surface area contributed by atoms with Crippen LogP contribution in [0.2, 0.25) is 5.15 Å². The highest BCUT2D eigenvalue weighted by Gasteiger charge is 2.17. The molecule has 1 N–H and O–H groups in total. The second-order valence-corrected chi connectivity index (χ2v) is 7.76. The quantitative estimate of drug-likeness (QED) is 0.462. The Balaban J connectivity index is 2.10. The largest absolute Gasteiger partial charge is 0.449 e. The average Bonchev–Trinajstić information content (AvgIpc) is 2.63. The Morgan fingerprint density at radius 1 is 1.37 bits per heavy atom. The molecule has 5 nitrogen and oxygen atoms in total. The number of fused-ring (bicyclic) bond motifs is 1. The molecule has 1 aromatic carbocycles. The number of hydrogen-bond donors (Lipinski definition) is 1. The van der Waals surface area contributed by atoms with Crippen molar-refractivity contribution in [1.82, 2.24) is 4.98 Å². The summed E-state index contributed by atoms with van der Waals surface area (Å²) in [6.07, 6.45) is 0. The number of anilines is 1. The van der Waals surface area contributed by atoms with Gasteiger partial charge in [-0.05, 0) is 43.4 Å². The molecule has 138 valence electrons. The first-order valence-corrected chi connectivity index (χ1v) is 9.83. The van der Waals surface area contributed by atoms with Crippen molar-refractivity contribution in [3.05, 3.63) is 62.5 Å². The Morgan fingerprint density at radius 2 is 2.15 bits per heavy atom. The molecule has 0 aliphatic heterocycles. The van der Waals surface area contributed by atoms with Crippen molar-refractivity contribution in [2.45, 2.75) is 31.9 Å². The molecule has 0 saturated carbocycles. The summed E-state index contributed by atoms with van der Waals surface area (Å²) in [5.41, 5.74) is 3.10. The highest BCUT2D eigenvalue weighted by molar-refractivity contribution is 7.99. The van der Waals surface area contributed by atoms with Gasteiger partial charge in [0, 0.05) is 11.6 Å². The summed E-state index contributed by atoms with van der Waals surface area (Å²) < 4.78 is 6.02. The summed E-state index contributed by atoms with van der Waals surface area (Å²) in [6, 6.07) is 10.5. The summed E-state index contributed by atoms with van der Waals surface area (Å²) in [7, 11) is 0. The van der Waals surface area contributed by atoms with Crippen LogP contribution < -0.4 is 10.7 Å². The van der Waals surface area contributed by atoms with E-state index in [9.17, 15) is 10.1 Å². The summed E-state index contributed by atoms with van der Waals surface area (Å²) in [5.74, 6) is 0.811. The van der Waals surface area contributed by atoms with Crippen molar-refractivity contribution in [2.24, 2.45) is 0 Å². The second kappa shape index (κ2) is 8.03. The van der Waals surface area contributed by atoms with Crippen LogP contribution in [-0.4, -0.2) is 10.7 Å². The van der Waals surface area contributed by atoms with E-state index in [4.69, 9.17) is 16.0 Å². The lowest BCUT2D eigenvalue weighted by molar-refractivity contribution is 0.495. The zero-order chi connectivity index (χ0) is 19.6. The third-order valence-electron chi connectivity index (χ3n) is 4.07. The zero-order valence-corrected chi connectivity index (χ0v) is 16.7. The number of halogens is 1. The maximum atomic E-state index is 12.5. The van der Waals surface area contributed by atoms with Crippen molar-refractivity contribution in [3.63, 3.8) is 0 Å². The maximum absolute atomic E-state index is 12.5. The van der Waals surface area contributed by atoms with Crippen LogP contribution in [0.4, 0.5) is 5.69 Å². The lowest BCUT2D eigenvalue weighted by atomic mass is 10.0. The third-order valence-corrected chi connectivity index (χ3v) is 5.06. The molecule has 0 bridgehead atoms. The van der Waals surface area contributed by atoms with E-state index in [1.165, 1.54) is 17.8 Å². The van der Waals surface area contributed by atoms with Crippen LogP contribution in [0.15, 0.2) is 44.6 Å². The summed E-state index contributed by atoms with van der Waals surface area (Å²) in [6.45, 7) is 5.89. The topological polar surface area (TPSA) is 78.9 Å². The molecular formula is C20H18ClN3O2S. The normalized spacial score (nSPS) is 12.0. The molecular weight excluding hydrogens is 382 g/mol. The molecule has 1 unspecified atom stereocenters. The van der Waals surface area contributed by atoms with Crippen LogP contribution in [0.5, 0.6) is 0 Å². The number of nitrogens with zero attached hydrogens (tertiary/aromatic N) is 2. The molecule has 0 spiro atoms. The minimum atomic E-state index is -0.215. The van der Waals surface area contributed by atoms with Crippen molar-refractivity contribution in [1.29, 1.82) is 5.26 Å². The van der Waals surface area contributed by atoms with Gasteiger partial charge in [-0.25, -0.2) is 4.98 Å². The van der Waals surface area contributed by atoms with E-state index in [2.05, 4.69) is 10.3 Å². The van der Waals surface area contributed by atoms with Gasteiger partial charge < -0.3 is 9.73 Å². The lowest BCUT2D eigenvalue weighted by Gasteiger charge is -2.18. The number of nitrogens with one attached hydrogen (secondary N) is 1. The fourth-order valence-electron chi connectivity index (χ4n) is 2.90. The predicted molar refractivity (Wildman–Crippen MR) is 110 cm³/mol. The van der Waals surface area contributed by atoms with Gasteiger partial charge in [0.05, 0.1) is 17.1 Å². The molecule has 0 amide bonds. The van der Waals surface area contributed by atoms with Crippen molar-refractivity contribution >= 4 is 40.0 Å². The van der Waals surface area contributed by atoms with Crippen molar-refractivity contribution in [3.8, 4) is 6.07 Å². The van der Waals surface area contributed by atoms with Gasteiger partial charge in [0.25, 0.3) is 0 Å². The Morgan fingerprint density at radius 3 is 2.85 bits per heavy atom. The fraction of sp³-hybridized carbons (Fsp3) is 0.250. The monoisotopic (exact) mass is 399 g/mol. The van der Waals surface area contributed by atoms with Gasteiger partial charge in [-0.15, -0.1) is 0 Å². The zero-order valence-electron chi connectivity index (χ0n) is 15.2. The number of aromatic nitrogens is 1. The predicted octanol–water partition coefficient (Wildman–Crippen LogP) is 5.31. The Bertz CT molecular complexity index is 1100. The van der Waals surface area contributed by atoms with E-state index in [1.807, 2.05) is 39.0 Å². The molecule has 2 heterocycles. The van der Waals surface area contributed by atoms with Crippen LogP contribution in [-0.2, 0) is 0 Å². The fourth-order valence-corrected chi connectivity index (χ4v) is 3.66. The van der Waals surface area contributed by atoms with Gasteiger partial charge in [-0.1, -0.05) is 36.4 Å². The maximum Gasteiger partial charge on any atom is 0.193 e. The van der Waals surface area contributed by atoms with Crippen LogP contribution in [0.1, 0.15) is 36.7 Å². The van der Waals surface area contributed by atoms with E-state index in [0.717, 1.165) is 16.9 Å². The van der Waals surface area contributed by atoms with Crippen molar-refractivity contribution in [2.75, 3.05) is 11.1 Å². The minimum absolute atomic E-state index is 0.0600. The SMILES string of the molecule is CCSc1cc(=O)c2cc(C)cc(C(C)Nc3ccc(Cl)nc3C#N)c2o1. The number of hydrogen-bond acceptors (Lipinski definition) is 6. The Hall–Kier alpha value is -2.49. The van der Waals surface area contributed by atoms with Gasteiger partial charge in [0.15, 0.2) is 16.2 Å². The van der Waals surface area contributed by atoms with Crippen LogP contribution >= 0.6 is 23.4 Å². The first kappa shape index (κ1) is 19.3. The standard InChI is InChI=1S/C20H18ClN3O2S/c1-4-27-19-9-17(25)14-8-11(2)7-13(20(14)26-19)12(3)23-15-5-6-18(21)24-16(15)10-22/h5-9,12,23H,4H2,1-3H3. The molecule has 27 heavy (non-hydrogen) atoms. The molecule has 3 rings (SSSR count). The smallest absolute Gasteiger partial charge is 0.193 e. The van der Waals surface area contributed by atoms with Gasteiger partial charge in [0.1, 0.15) is 16.8 Å². The molecule has 3 aromatic rings. The van der Waals surface area contributed by atoms with E-state index in [-0.39, 0.29) is 22.3 Å². The number of aryl methyl sites for hydroxylation is 1. The first-order valence-electron chi connectivity index (χ1n) is 8.47. The molecule has 0 saturated heterocycles. The number of thioether (sulfide) groups is 1. The number of rotatable bonds is 5. The molecule has 1 atom stereocenters. The minimum Gasteiger partial charge on any atom is -0.449 e. The lowest BCUT2D eigenvalue weighted by Crippen LogP contribution is -2.11. The Kier molecular flexibility index (Phi) is 5.73. The second-order valence-electron chi connectivity index (χ2n) is 6.10. The number of benzene rings is 1. The molecule has 0 aliphatic rings. The number of nitriles is 1. The molecule has 0 aliphatic carbocycles. The van der Waals surface area contributed by atoms with Crippen LogP contribution in [0.3, 0.4) is 0 Å². The van der Waals surface area contributed by atoms with E-state index in [1.54, 1.807) is 12.1 Å².